The number of ether oxygens (including phenoxy) is 1. The number of carbonyl (C=O) groups excluding carboxylic acids is 4. The number of fused-ring (bicyclic) bond motifs is 2. The number of imidazole rings is 6. The van der Waals surface area contributed by atoms with E-state index >= 15 is 0 Å². The van der Waals surface area contributed by atoms with E-state index in [-0.39, 0.29) is 58.4 Å². The van der Waals surface area contributed by atoms with Crippen molar-refractivity contribution >= 4 is 57.3 Å². The molecule has 17 aromatic rings. The van der Waals surface area contributed by atoms with Crippen molar-refractivity contribution in [2.45, 2.75) is 25.5 Å². The molecule has 33 heteroatoms. The molecule has 0 unspecified atom stereocenters. The third kappa shape index (κ3) is 16.6. The fourth-order valence-electron chi connectivity index (χ4n) is 12.6. The molecule has 1 fully saturated rings. The standard InChI is InChI=1S/C22H16F2N6O.C21H14F2N6O.C20H14F2N4O.C19H18F2N4O2/c23-15-5-3-4-14(21(15)24)19-10-25-12-30(19)13-8-18(26-9-13)22(31)27-11-20-28-16-6-1-2-7-17(16)29-20;22-14-5-3-4-13(19(14)23)18-10-24-11-29(18)12-8-17(25-9-12)20(30)28-21-26-15-6-1-2-7-16(15)27-21;21-15-7-4-8-17(19(15)22)26-12-23-11-18(26)13-9-16(24-10-13)20(27)25-14-5-2-1-3-6-14;20-15-5-1-4-14(18(15)21)17-10-22-11-25(17)12-7-16(23-8-12)19(26)24-9-13-3-2-6-27-13/h1-10,12,26H,11H2,(H,27,31)(H,28,29);1-11,25H,(H2,26,27,28,30);1-12,24H,(H,25,27);1,4-5,7-8,10-11,13,23H,2-3,6,9H2,(H,24,26)/t;;;13-/m...0/s1. The van der Waals surface area contributed by atoms with Gasteiger partial charge in [-0.05, 0) is 122 Å². The summed E-state index contributed by atoms with van der Waals surface area (Å²) >= 11 is 0. The minimum absolute atomic E-state index is 0.0407. The Morgan fingerprint density at radius 1 is 0.426 bits per heavy atom. The van der Waals surface area contributed by atoms with Crippen LogP contribution in [0, 0.1) is 46.5 Å². The first-order valence-electron chi connectivity index (χ1n) is 35.3. The summed E-state index contributed by atoms with van der Waals surface area (Å²) in [6, 6.07) is 46.3. The fraction of sp³-hybridized carbons (Fsp3) is 0.0732. The molecule has 115 heavy (non-hydrogen) atoms. The van der Waals surface area contributed by atoms with Crippen molar-refractivity contribution in [3.8, 4) is 67.8 Å². The Morgan fingerprint density at radius 2 is 0.870 bits per heavy atom. The van der Waals surface area contributed by atoms with Crippen LogP contribution in [0.4, 0.5) is 46.8 Å². The third-order valence-electron chi connectivity index (χ3n) is 18.2. The molecule has 18 rings (SSSR count). The number of anilines is 2. The molecule has 0 aliphatic carbocycles. The lowest BCUT2D eigenvalue weighted by Crippen LogP contribution is -2.31. The first kappa shape index (κ1) is 75.1. The number of para-hydroxylation sites is 5. The van der Waals surface area contributed by atoms with Gasteiger partial charge in [0, 0.05) is 65.9 Å². The highest BCUT2D eigenvalue weighted by Gasteiger charge is 2.24. The zero-order chi connectivity index (χ0) is 79.6. The van der Waals surface area contributed by atoms with Gasteiger partial charge in [0.2, 0.25) is 5.95 Å². The number of aromatic amines is 6. The topological polar surface area (TPSA) is 317 Å². The van der Waals surface area contributed by atoms with Crippen LogP contribution in [-0.4, -0.2) is 121 Å². The smallest absolute Gasteiger partial charge is 0.274 e. The average molecular weight is 1560 g/mol. The van der Waals surface area contributed by atoms with Crippen molar-refractivity contribution < 1.29 is 59.0 Å². The summed E-state index contributed by atoms with van der Waals surface area (Å²) in [5, 5.41) is 11.1. The van der Waals surface area contributed by atoms with Crippen molar-refractivity contribution in [3.05, 3.63) is 326 Å². The van der Waals surface area contributed by atoms with E-state index < -0.39 is 52.4 Å². The first-order chi connectivity index (χ1) is 56.0. The van der Waals surface area contributed by atoms with E-state index in [2.05, 4.69) is 81.1 Å². The second-order valence-corrected chi connectivity index (χ2v) is 25.7. The molecule has 0 spiro atoms. The van der Waals surface area contributed by atoms with E-state index in [0.29, 0.717) is 86.5 Å². The highest BCUT2D eigenvalue weighted by molar-refractivity contribution is 6.04. The van der Waals surface area contributed by atoms with Gasteiger partial charge in [0.05, 0.1) is 130 Å². The minimum atomic E-state index is -0.964. The van der Waals surface area contributed by atoms with Crippen LogP contribution in [-0.2, 0) is 11.3 Å². The minimum Gasteiger partial charge on any atom is -0.376 e. The molecule has 1 saturated heterocycles. The molecule has 10 aromatic heterocycles. The van der Waals surface area contributed by atoms with Gasteiger partial charge in [0.15, 0.2) is 46.5 Å². The van der Waals surface area contributed by atoms with Gasteiger partial charge in [-0.2, -0.15) is 0 Å². The Balaban J connectivity index is 0.000000121. The van der Waals surface area contributed by atoms with Crippen LogP contribution in [0.25, 0.3) is 89.8 Å². The van der Waals surface area contributed by atoms with Crippen LogP contribution in [0.1, 0.15) is 60.6 Å². The zero-order valence-electron chi connectivity index (χ0n) is 59.8. The van der Waals surface area contributed by atoms with E-state index in [1.54, 1.807) is 74.9 Å². The third-order valence-corrected chi connectivity index (χ3v) is 18.2. The fourth-order valence-corrected chi connectivity index (χ4v) is 12.6. The van der Waals surface area contributed by atoms with Crippen molar-refractivity contribution in [3.63, 3.8) is 0 Å². The van der Waals surface area contributed by atoms with E-state index in [1.807, 2.05) is 66.7 Å². The number of aromatic nitrogens is 16. The summed E-state index contributed by atoms with van der Waals surface area (Å²) < 4.78 is 123. The molecule has 4 amide bonds. The Labute approximate surface area is 645 Å². The van der Waals surface area contributed by atoms with E-state index in [1.165, 1.54) is 103 Å². The highest BCUT2D eigenvalue weighted by atomic mass is 19.2. The van der Waals surface area contributed by atoms with E-state index in [4.69, 9.17) is 4.74 Å². The number of hydrogen-bond acceptors (Lipinski definition) is 11. The Bertz CT molecular complexity index is 6290. The number of benzene rings is 7. The molecule has 25 nitrogen and oxygen atoms in total. The number of halogens is 8. The number of rotatable bonds is 18. The summed E-state index contributed by atoms with van der Waals surface area (Å²) in [7, 11) is 0. The van der Waals surface area contributed by atoms with Crippen molar-refractivity contribution in [2.24, 2.45) is 0 Å². The monoisotopic (exact) mass is 1560 g/mol. The number of nitrogens with zero attached hydrogens (tertiary/aromatic N) is 10. The number of carbonyl (C=O) groups is 4. The summed E-state index contributed by atoms with van der Waals surface area (Å²) in [6.45, 7) is 1.41. The van der Waals surface area contributed by atoms with E-state index in [9.17, 15) is 54.3 Å². The summed E-state index contributed by atoms with van der Waals surface area (Å²) in [6.07, 6.45) is 20.0. The SMILES string of the molecule is O=C(NC[C@@H]1CCCO1)c1cc(-n2cncc2-c2cccc(F)c2F)c[nH]1.O=C(NCc1nc2ccccc2[nH]1)c1cc(-n2cncc2-c2cccc(F)c2F)c[nH]1.O=C(Nc1ccccc1)c1cc(-c2cncn2-c2cccc(F)c2F)c[nH]1.O=C(Nc1nc2ccccc2[nH]1)c1cc(-n2cncc2-c2cccc(F)c2F)c[nH]1. The van der Waals surface area contributed by atoms with Crippen molar-refractivity contribution in [1.82, 2.24) is 88.7 Å². The Kier molecular flexibility index (Phi) is 21.9. The Morgan fingerprint density at radius 3 is 1.39 bits per heavy atom. The maximum absolute atomic E-state index is 14.2. The van der Waals surface area contributed by atoms with E-state index in [0.717, 1.165) is 65.8 Å². The quantitative estimate of drug-likeness (QED) is 0.0360. The molecule has 1 aliphatic heterocycles. The molecule has 7 aromatic carbocycles. The summed E-state index contributed by atoms with van der Waals surface area (Å²) in [5.74, 6) is -7.91. The molecular formula is C82H62F8N20O5. The van der Waals surface area contributed by atoms with Crippen LogP contribution in [0.3, 0.4) is 0 Å². The summed E-state index contributed by atoms with van der Waals surface area (Å²) in [5.41, 5.74) is 9.44. The van der Waals surface area contributed by atoms with Crippen molar-refractivity contribution in [1.29, 1.82) is 0 Å². The predicted molar refractivity (Wildman–Crippen MR) is 410 cm³/mol. The Hall–Kier alpha value is -15.3. The van der Waals surface area contributed by atoms with Crippen LogP contribution in [0.5, 0.6) is 0 Å². The molecule has 0 radical (unpaired) electrons. The maximum Gasteiger partial charge on any atom is 0.274 e. The van der Waals surface area contributed by atoms with Gasteiger partial charge in [-0.15, -0.1) is 0 Å². The van der Waals surface area contributed by atoms with Gasteiger partial charge in [0.25, 0.3) is 23.6 Å². The zero-order valence-corrected chi connectivity index (χ0v) is 59.8. The number of nitrogens with one attached hydrogen (secondary N) is 10. The van der Waals surface area contributed by atoms with Gasteiger partial charge in [-0.1, -0.05) is 66.7 Å². The molecule has 0 saturated carbocycles. The van der Waals surface area contributed by atoms with Gasteiger partial charge in [-0.3, -0.25) is 42.8 Å². The number of hydrogen-bond donors (Lipinski definition) is 10. The normalized spacial score (nSPS) is 12.3. The number of amides is 4. The molecule has 0 bridgehead atoms. The maximum atomic E-state index is 14.2. The average Bonchev–Trinajstić information content (AvgIpc) is 1.69. The van der Waals surface area contributed by atoms with Crippen LogP contribution in [0.2, 0.25) is 0 Å². The molecular weight excluding hydrogens is 1500 g/mol. The second kappa shape index (κ2) is 33.5. The summed E-state index contributed by atoms with van der Waals surface area (Å²) in [4.78, 5) is 92.5. The van der Waals surface area contributed by atoms with Gasteiger partial charge in [0.1, 0.15) is 28.6 Å². The van der Waals surface area contributed by atoms with Gasteiger partial charge < -0.3 is 50.6 Å². The lowest BCUT2D eigenvalue weighted by molar-refractivity contribution is 0.0853. The second-order valence-electron chi connectivity index (χ2n) is 25.7. The first-order valence-corrected chi connectivity index (χ1v) is 35.3. The molecule has 1 aliphatic rings. The van der Waals surface area contributed by atoms with Crippen LogP contribution >= 0.6 is 0 Å². The van der Waals surface area contributed by atoms with Gasteiger partial charge in [-0.25, -0.2) is 65.0 Å². The molecule has 11 heterocycles. The lowest BCUT2D eigenvalue weighted by atomic mass is 10.1. The van der Waals surface area contributed by atoms with Crippen molar-refractivity contribution in [2.75, 3.05) is 23.8 Å². The predicted octanol–water partition coefficient (Wildman–Crippen LogP) is 15.7. The lowest BCUT2D eigenvalue weighted by Gasteiger charge is -2.09. The molecule has 10 N–H and O–H groups in total. The number of H-pyrrole nitrogens is 6. The van der Waals surface area contributed by atoms with Crippen LogP contribution in [0.15, 0.2) is 251 Å². The molecule has 576 valence electrons. The molecule has 1 atom stereocenters. The largest absolute Gasteiger partial charge is 0.376 e. The highest BCUT2D eigenvalue weighted by Crippen LogP contribution is 2.32. The van der Waals surface area contributed by atoms with Gasteiger partial charge >= 0.3 is 0 Å². The van der Waals surface area contributed by atoms with Crippen LogP contribution < -0.4 is 21.3 Å².